The molecule has 0 saturated carbocycles. The number of aromatic nitrogens is 6. The van der Waals surface area contributed by atoms with Crippen molar-refractivity contribution in [2.45, 2.75) is 25.4 Å². The Bertz CT molecular complexity index is 1450. The van der Waals surface area contributed by atoms with E-state index in [9.17, 15) is 18.0 Å². The maximum atomic E-state index is 14.2. The van der Waals surface area contributed by atoms with Gasteiger partial charge in [-0.25, -0.2) is 19.3 Å². The molecule has 1 aliphatic rings. The van der Waals surface area contributed by atoms with Gasteiger partial charge in [0.1, 0.15) is 11.1 Å². The standard InChI is InChI=1S/C21H18ClF3N8O/c1-11-4-12(6-27-17(11)13-8-31(3)10-28-13)29-19(34)32-9-20(2,21(23,24)25)18-14(32)7-26-16-5-15(22)30-33(16)18/h4-8,10H,9H2,1-3H3,(H,29,34)/t20-/m1/s1. The Labute approximate surface area is 196 Å². The lowest BCUT2D eigenvalue weighted by Crippen LogP contribution is -2.46. The van der Waals surface area contributed by atoms with E-state index in [-0.39, 0.29) is 22.2 Å². The van der Waals surface area contributed by atoms with Gasteiger partial charge >= 0.3 is 12.2 Å². The van der Waals surface area contributed by atoms with Gasteiger partial charge in [-0.15, -0.1) is 0 Å². The summed E-state index contributed by atoms with van der Waals surface area (Å²) in [4.78, 5) is 26.9. The highest BCUT2D eigenvalue weighted by atomic mass is 35.5. The molecular weight excluding hydrogens is 473 g/mol. The van der Waals surface area contributed by atoms with Gasteiger partial charge in [-0.3, -0.25) is 9.88 Å². The molecule has 0 radical (unpaired) electrons. The van der Waals surface area contributed by atoms with E-state index in [0.717, 1.165) is 21.9 Å². The molecule has 9 nitrogen and oxygen atoms in total. The lowest BCUT2D eigenvalue weighted by atomic mass is 9.88. The van der Waals surface area contributed by atoms with Crippen molar-refractivity contribution >= 4 is 34.7 Å². The number of urea groups is 1. The summed E-state index contributed by atoms with van der Waals surface area (Å²) < 4.78 is 45.5. The van der Waals surface area contributed by atoms with Crippen molar-refractivity contribution in [2.75, 3.05) is 16.8 Å². The summed E-state index contributed by atoms with van der Waals surface area (Å²) in [5, 5.41) is 6.61. The number of fused-ring (bicyclic) bond motifs is 3. The van der Waals surface area contributed by atoms with Gasteiger partial charge in [0.2, 0.25) is 0 Å². The van der Waals surface area contributed by atoms with Crippen LogP contribution in [0.2, 0.25) is 5.15 Å². The Hall–Kier alpha value is -3.67. The monoisotopic (exact) mass is 490 g/mol. The molecule has 0 unspecified atom stereocenters. The number of alkyl halides is 3. The van der Waals surface area contributed by atoms with E-state index < -0.39 is 24.2 Å². The number of rotatable bonds is 2. The molecule has 4 aromatic rings. The van der Waals surface area contributed by atoms with Crippen LogP contribution in [-0.4, -0.2) is 47.9 Å². The van der Waals surface area contributed by atoms with Crippen LogP contribution in [0.25, 0.3) is 17.0 Å². The third kappa shape index (κ3) is 3.36. The number of hydrogen-bond donors (Lipinski definition) is 1. The van der Waals surface area contributed by atoms with Crippen LogP contribution < -0.4 is 10.2 Å². The van der Waals surface area contributed by atoms with Crippen molar-refractivity contribution in [1.29, 1.82) is 0 Å². The van der Waals surface area contributed by atoms with E-state index in [2.05, 4.69) is 25.4 Å². The van der Waals surface area contributed by atoms with Crippen molar-refractivity contribution < 1.29 is 18.0 Å². The number of nitrogens with zero attached hydrogens (tertiary/aromatic N) is 7. The minimum Gasteiger partial charge on any atom is -0.340 e. The Morgan fingerprint density at radius 2 is 1.97 bits per heavy atom. The van der Waals surface area contributed by atoms with Crippen LogP contribution in [0.1, 0.15) is 18.2 Å². The zero-order valence-corrected chi connectivity index (χ0v) is 19.0. The average Bonchev–Trinajstić information content (AvgIpc) is 3.42. The first-order valence-corrected chi connectivity index (χ1v) is 10.5. The third-order valence-corrected chi connectivity index (χ3v) is 6.05. The number of halogens is 4. The normalized spacial score (nSPS) is 17.9. The molecule has 176 valence electrons. The molecule has 5 heterocycles. The molecule has 1 atom stereocenters. The highest BCUT2D eigenvalue weighted by Gasteiger charge is 2.60. The van der Waals surface area contributed by atoms with Gasteiger partial charge in [0.05, 0.1) is 41.5 Å². The van der Waals surface area contributed by atoms with Gasteiger partial charge in [0.25, 0.3) is 0 Å². The summed E-state index contributed by atoms with van der Waals surface area (Å²) >= 11 is 5.91. The molecule has 4 aromatic heterocycles. The highest BCUT2D eigenvalue weighted by Crippen LogP contribution is 2.50. The molecule has 2 amide bonds. The molecule has 0 aromatic carbocycles. The van der Waals surface area contributed by atoms with Gasteiger partial charge in [0.15, 0.2) is 10.8 Å². The molecule has 5 rings (SSSR count). The summed E-state index contributed by atoms with van der Waals surface area (Å²) in [6.07, 6.45) is 1.46. The maximum absolute atomic E-state index is 14.2. The fourth-order valence-corrected chi connectivity index (χ4v) is 4.30. The Morgan fingerprint density at radius 3 is 2.62 bits per heavy atom. The van der Waals surface area contributed by atoms with Crippen molar-refractivity contribution in [3.8, 4) is 11.4 Å². The van der Waals surface area contributed by atoms with E-state index in [1.807, 2.05) is 13.2 Å². The first kappa shape index (κ1) is 22.1. The van der Waals surface area contributed by atoms with E-state index in [4.69, 9.17) is 11.6 Å². The smallest absolute Gasteiger partial charge is 0.340 e. The third-order valence-electron chi connectivity index (χ3n) is 5.87. The van der Waals surface area contributed by atoms with Crippen LogP contribution in [0.4, 0.5) is 29.3 Å². The van der Waals surface area contributed by atoms with Gasteiger partial charge < -0.3 is 9.88 Å². The second kappa shape index (κ2) is 7.42. The number of anilines is 2. The zero-order valence-electron chi connectivity index (χ0n) is 18.2. The number of amides is 2. The number of carbonyl (C=O) groups is 1. The second-order valence-corrected chi connectivity index (χ2v) is 8.78. The predicted octanol–water partition coefficient (Wildman–Crippen LogP) is 4.36. The first-order chi connectivity index (χ1) is 16.0. The number of nitrogens with one attached hydrogen (secondary N) is 1. The molecule has 1 aliphatic heterocycles. The summed E-state index contributed by atoms with van der Waals surface area (Å²) in [5.41, 5.74) is -0.0453. The van der Waals surface area contributed by atoms with E-state index >= 15 is 0 Å². The van der Waals surface area contributed by atoms with E-state index in [1.54, 1.807) is 23.9 Å². The molecule has 13 heteroatoms. The van der Waals surface area contributed by atoms with Gasteiger partial charge in [0, 0.05) is 25.9 Å². The second-order valence-electron chi connectivity index (χ2n) is 8.39. The molecule has 0 bridgehead atoms. The fraction of sp³-hybridized carbons (Fsp3) is 0.286. The fourth-order valence-electron chi connectivity index (χ4n) is 4.13. The Balaban J connectivity index is 1.50. The number of hydrogen-bond acceptors (Lipinski definition) is 5. The number of imidazole rings is 1. The van der Waals surface area contributed by atoms with Crippen LogP contribution in [0.15, 0.2) is 37.1 Å². The van der Waals surface area contributed by atoms with Crippen molar-refractivity contribution in [3.05, 3.63) is 53.5 Å². The minimum absolute atomic E-state index is 0.000575. The Kier molecular flexibility index (Phi) is 4.83. The molecule has 0 aliphatic carbocycles. The first-order valence-electron chi connectivity index (χ1n) is 10.1. The van der Waals surface area contributed by atoms with Gasteiger partial charge in [-0.05, 0) is 25.5 Å². The van der Waals surface area contributed by atoms with Gasteiger partial charge in [-0.2, -0.15) is 18.3 Å². The van der Waals surface area contributed by atoms with E-state index in [1.165, 1.54) is 18.5 Å². The number of pyridine rings is 1. The van der Waals surface area contributed by atoms with E-state index in [0.29, 0.717) is 17.1 Å². The van der Waals surface area contributed by atoms with Crippen molar-refractivity contribution in [2.24, 2.45) is 7.05 Å². The lowest BCUT2D eigenvalue weighted by molar-refractivity contribution is -0.181. The number of aryl methyl sites for hydroxylation is 2. The largest absolute Gasteiger partial charge is 0.401 e. The number of carbonyl (C=O) groups excluding carboxylic acids is 1. The summed E-state index contributed by atoms with van der Waals surface area (Å²) in [7, 11) is 1.84. The van der Waals surface area contributed by atoms with Crippen molar-refractivity contribution in [1.82, 2.24) is 29.1 Å². The molecule has 0 spiro atoms. The van der Waals surface area contributed by atoms with Crippen LogP contribution in [0, 0.1) is 6.92 Å². The minimum atomic E-state index is -4.66. The SMILES string of the molecule is Cc1cc(NC(=O)N2C[C@@](C)(C(F)(F)F)c3c2cnc2cc(Cl)nn32)cnc1-c1cn(C)cn1. The molecular formula is C21H18ClF3N8O. The van der Waals surface area contributed by atoms with Crippen molar-refractivity contribution in [3.63, 3.8) is 0 Å². The average molecular weight is 491 g/mol. The maximum Gasteiger partial charge on any atom is 0.401 e. The van der Waals surface area contributed by atoms with Crippen LogP contribution in [0.5, 0.6) is 0 Å². The zero-order chi connectivity index (χ0) is 24.4. The summed E-state index contributed by atoms with van der Waals surface area (Å²) in [5.74, 6) is 0. The van der Waals surface area contributed by atoms with Crippen LogP contribution in [0.3, 0.4) is 0 Å². The molecule has 34 heavy (non-hydrogen) atoms. The van der Waals surface area contributed by atoms with Crippen LogP contribution >= 0.6 is 11.6 Å². The highest BCUT2D eigenvalue weighted by molar-refractivity contribution is 6.29. The van der Waals surface area contributed by atoms with Gasteiger partial charge in [-0.1, -0.05) is 11.6 Å². The summed E-state index contributed by atoms with van der Waals surface area (Å²) in [6.45, 7) is 2.19. The quantitative estimate of drug-likeness (QED) is 0.450. The predicted molar refractivity (Wildman–Crippen MR) is 119 cm³/mol. The molecule has 1 N–H and O–H groups in total. The Morgan fingerprint density at radius 1 is 1.21 bits per heavy atom. The molecule has 0 fully saturated rings. The van der Waals surface area contributed by atoms with Crippen LogP contribution in [-0.2, 0) is 12.5 Å². The molecule has 0 saturated heterocycles. The topological polar surface area (TPSA) is 93.2 Å². The summed E-state index contributed by atoms with van der Waals surface area (Å²) in [6, 6.07) is 2.29. The lowest BCUT2D eigenvalue weighted by Gasteiger charge is -2.28.